The minimum absolute atomic E-state index is 0.124. The molecule has 4 heteroatoms. The van der Waals surface area contributed by atoms with Crippen molar-refractivity contribution in [1.29, 1.82) is 0 Å². The van der Waals surface area contributed by atoms with Gasteiger partial charge in [0.25, 0.3) is 0 Å². The smallest absolute Gasteiger partial charge is 0.0834 e. The largest absolute Gasteiger partial charge is 0.322 e. The molecule has 96 valence electrons. The zero-order chi connectivity index (χ0) is 13.1. The molecular formula is C14H18ClN3. The Hall–Kier alpha value is -1.32. The highest BCUT2D eigenvalue weighted by atomic mass is 35.5. The highest BCUT2D eigenvalue weighted by Gasteiger charge is 2.17. The number of benzene rings is 1. The first kappa shape index (κ1) is 13.1. The molecule has 18 heavy (non-hydrogen) atoms. The van der Waals surface area contributed by atoms with E-state index in [-0.39, 0.29) is 6.04 Å². The molecule has 0 saturated heterocycles. The lowest BCUT2D eigenvalue weighted by molar-refractivity contribution is 0.568. The molecule has 0 radical (unpaired) electrons. The minimum atomic E-state index is -0.124. The summed E-state index contributed by atoms with van der Waals surface area (Å²) in [4.78, 5) is 0. The van der Waals surface area contributed by atoms with Gasteiger partial charge in [-0.05, 0) is 31.4 Å². The van der Waals surface area contributed by atoms with Crippen molar-refractivity contribution in [3.63, 3.8) is 0 Å². The van der Waals surface area contributed by atoms with E-state index in [9.17, 15) is 0 Å². The van der Waals surface area contributed by atoms with E-state index in [1.54, 1.807) is 6.20 Å². The molecule has 0 aliphatic carbocycles. The topological polar surface area (TPSA) is 43.8 Å². The van der Waals surface area contributed by atoms with Gasteiger partial charge in [0.1, 0.15) is 0 Å². The van der Waals surface area contributed by atoms with Crippen molar-refractivity contribution in [3.05, 3.63) is 52.3 Å². The highest BCUT2D eigenvalue weighted by Crippen LogP contribution is 2.24. The van der Waals surface area contributed by atoms with Crippen molar-refractivity contribution < 1.29 is 0 Å². The molecule has 2 rings (SSSR count). The lowest BCUT2D eigenvalue weighted by Gasteiger charge is -2.15. The number of hydrogen-bond donors (Lipinski definition) is 1. The number of hydrogen-bond acceptors (Lipinski definition) is 2. The zero-order valence-corrected chi connectivity index (χ0v) is 11.5. The second kappa shape index (κ2) is 5.55. The second-order valence-electron chi connectivity index (χ2n) is 4.43. The Morgan fingerprint density at radius 3 is 2.78 bits per heavy atom. The predicted molar refractivity (Wildman–Crippen MR) is 74.7 cm³/mol. The summed E-state index contributed by atoms with van der Waals surface area (Å²) in [5.41, 5.74) is 9.70. The fourth-order valence-corrected chi connectivity index (χ4v) is 2.45. The van der Waals surface area contributed by atoms with Crippen molar-refractivity contribution in [2.24, 2.45) is 5.73 Å². The minimum Gasteiger partial charge on any atom is -0.322 e. The number of aryl methyl sites for hydroxylation is 2. The van der Waals surface area contributed by atoms with Crippen LogP contribution in [-0.2, 0) is 13.0 Å². The van der Waals surface area contributed by atoms with Crippen LogP contribution < -0.4 is 5.73 Å². The Kier molecular flexibility index (Phi) is 4.04. The average molecular weight is 264 g/mol. The summed E-state index contributed by atoms with van der Waals surface area (Å²) < 4.78 is 1.87. The van der Waals surface area contributed by atoms with E-state index < -0.39 is 0 Å². The molecule has 0 spiro atoms. The van der Waals surface area contributed by atoms with E-state index in [1.807, 2.05) is 23.7 Å². The molecular weight excluding hydrogens is 246 g/mol. The zero-order valence-electron chi connectivity index (χ0n) is 10.7. The van der Waals surface area contributed by atoms with Crippen molar-refractivity contribution in [2.75, 3.05) is 0 Å². The average Bonchev–Trinajstić information content (AvgIpc) is 2.73. The van der Waals surface area contributed by atoms with Crippen LogP contribution in [0.1, 0.15) is 29.8 Å². The van der Waals surface area contributed by atoms with Gasteiger partial charge in [0, 0.05) is 6.54 Å². The molecule has 1 atom stereocenters. The third-order valence-corrected chi connectivity index (χ3v) is 3.48. The van der Waals surface area contributed by atoms with Gasteiger partial charge in [-0.3, -0.25) is 4.68 Å². The Balaban J connectivity index is 2.24. The van der Waals surface area contributed by atoms with Gasteiger partial charge in [0.05, 0.1) is 23.0 Å². The molecule has 1 heterocycles. The van der Waals surface area contributed by atoms with Crippen molar-refractivity contribution in [3.8, 4) is 0 Å². The van der Waals surface area contributed by atoms with Crippen LogP contribution >= 0.6 is 11.6 Å². The summed E-state index contributed by atoms with van der Waals surface area (Å²) in [6.07, 6.45) is 2.44. The van der Waals surface area contributed by atoms with Crippen LogP contribution in [0.25, 0.3) is 0 Å². The van der Waals surface area contributed by atoms with Gasteiger partial charge < -0.3 is 5.73 Å². The number of nitrogens with two attached hydrogens (primary N) is 1. The van der Waals surface area contributed by atoms with Gasteiger partial charge in [0.15, 0.2) is 0 Å². The van der Waals surface area contributed by atoms with Gasteiger partial charge in [-0.15, -0.1) is 0 Å². The number of rotatable bonds is 4. The summed E-state index contributed by atoms with van der Waals surface area (Å²) >= 11 is 6.16. The first-order valence-corrected chi connectivity index (χ1v) is 6.52. The molecule has 3 nitrogen and oxygen atoms in total. The Bertz CT molecular complexity index is 534. The van der Waals surface area contributed by atoms with E-state index >= 15 is 0 Å². The van der Waals surface area contributed by atoms with E-state index in [0.717, 1.165) is 18.7 Å². The molecule has 0 fully saturated rings. The third-order valence-electron chi connectivity index (χ3n) is 3.19. The standard InChI is InChI=1S/C14H18ClN3/c1-3-18-14(12(15)9-17-18)13(16)8-11-7-5-4-6-10(11)2/h4-7,9,13H,3,8,16H2,1-2H3. The Morgan fingerprint density at radius 2 is 2.11 bits per heavy atom. The summed E-state index contributed by atoms with van der Waals surface area (Å²) in [7, 11) is 0. The van der Waals surface area contributed by atoms with Gasteiger partial charge >= 0.3 is 0 Å². The SMILES string of the molecule is CCn1ncc(Cl)c1C(N)Cc1ccccc1C. The molecule has 1 aromatic carbocycles. The van der Waals surface area contributed by atoms with Crippen LogP contribution in [0.15, 0.2) is 30.5 Å². The maximum Gasteiger partial charge on any atom is 0.0834 e. The third kappa shape index (κ3) is 2.57. The molecule has 0 bridgehead atoms. The van der Waals surface area contributed by atoms with E-state index in [1.165, 1.54) is 11.1 Å². The van der Waals surface area contributed by atoms with Crippen molar-refractivity contribution in [1.82, 2.24) is 9.78 Å². The number of halogens is 1. The lowest BCUT2D eigenvalue weighted by Crippen LogP contribution is -2.19. The molecule has 0 amide bonds. The van der Waals surface area contributed by atoms with Gasteiger partial charge in [-0.25, -0.2) is 0 Å². The summed E-state index contributed by atoms with van der Waals surface area (Å²) in [5, 5.41) is 4.87. The maximum atomic E-state index is 6.27. The lowest BCUT2D eigenvalue weighted by atomic mass is 10.00. The number of aromatic nitrogens is 2. The van der Waals surface area contributed by atoms with Gasteiger partial charge in [-0.2, -0.15) is 5.10 Å². The van der Waals surface area contributed by atoms with E-state index in [4.69, 9.17) is 17.3 Å². The van der Waals surface area contributed by atoms with Crippen molar-refractivity contribution >= 4 is 11.6 Å². The first-order chi connectivity index (χ1) is 8.63. The fraction of sp³-hybridized carbons (Fsp3) is 0.357. The van der Waals surface area contributed by atoms with E-state index in [0.29, 0.717) is 5.02 Å². The molecule has 1 unspecified atom stereocenters. The predicted octanol–water partition coefficient (Wildman–Crippen LogP) is 3.11. The van der Waals surface area contributed by atoms with Crippen LogP contribution in [0.5, 0.6) is 0 Å². The molecule has 0 aliphatic heterocycles. The summed E-state index contributed by atoms with van der Waals surface area (Å²) in [6.45, 7) is 4.91. The molecule has 0 saturated carbocycles. The van der Waals surface area contributed by atoms with Crippen LogP contribution in [0.3, 0.4) is 0 Å². The maximum absolute atomic E-state index is 6.27. The van der Waals surface area contributed by atoms with Crippen LogP contribution in [-0.4, -0.2) is 9.78 Å². The normalized spacial score (nSPS) is 12.7. The summed E-state index contributed by atoms with van der Waals surface area (Å²) in [5.74, 6) is 0. The quantitative estimate of drug-likeness (QED) is 0.921. The summed E-state index contributed by atoms with van der Waals surface area (Å²) in [6, 6.07) is 8.15. The highest BCUT2D eigenvalue weighted by molar-refractivity contribution is 6.31. The Labute approximate surface area is 113 Å². The molecule has 1 aromatic heterocycles. The number of nitrogens with zero attached hydrogens (tertiary/aromatic N) is 2. The van der Waals surface area contributed by atoms with Crippen LogP contribution in [0, 0.1) is 6.92 Å². The molecule has 0 aliphatic rings. The monoisotopic (exact) mass is 263 g/mol. The van der Waals surface area contributed by atoms with Gasteiger partial charge in [-0.1, -0.05) is 35.9 Å². The first-order valence-electron chi connectivity index (χ1n) is 6.14. The van der Waals surface area contributed by atoms with Crippen LogP contribution in [0.4, 0.5) is 0 Å². The van der Waals surface area contributed by atoms with E-state index in [2.05, 4.69) is 24.2 Å². The Morgan fingerprint density at radius 1 is 1.39 bits per heavy atom. The van der Waals surface area contributed by atoms with Crippen molar-refractivity contribution in [2.45, 2.75) is 32.9 Å². The van der Waals surface area contributed by atoms with Crippen LogP contribution in [0.2, 0.25) is 5.02 Å². The molecule has 2 aromatic rings. The molecule has 2 N–H and O–H groups in total. The second-order valence-corrected chi connectivity index (χ2v) is 4.84. The van der Waals surface area contributed by atoms with Gasteiger partial charge in [0.2, 0.25) is 0 Å². The fourth-order valence-electron chi connectivity index (χ4n) is 2.17.